The van der Waals surface area contributed by atoms with Crippen LogP contribution in [-0.4, -0.2) is 26.7 Å². The number of benzene rings is 2. The van der Waals surface area contributed by atoms with E-state index in [4.69, 9.17) is 32.7 Å². The molecule has 0 unspecified atom stereocenters. The number of methoxy groups -OCH3 is 1. The molecule has 8 heteroatoms. The summed E-state index contributed by atoms with van der Waals surface area (Å²) in [4.78, 5) is 0. The van der Waals surface area contributed by atoms with Crippen molar-refractivity contribution in [3.05, 3.63) is 57.6 Å². The van der Waals surface area contributed by atoms with E-state index in [1.165, 1.54) is 0 Å². The average Bonchev–Trinajstić information content (AvgIpc) is 2.64. The molecule has 0 heterocycles. The molecular formula is C20H28Cl4N2O2. The smallest absolute Gasteiger partial charge is 0.166 e. The molecule has 0 spiro atoms. The standard InChI is InChI=1S/C20H26Cl2N2O2.2ClH/c1-3-23-10-5-11-24-13-15-6-4-7-19(25-2)20(15)26-14-16-8-9-17(21)12-18(16)22;;/h4,6-9,12,23-24H,3,5,10-11,13-14H2,1-2H3;2*1H. The lowest BCUT2D eigenvalue weighted by Gasteiger charge is -2.16. The number of para-hydroxylation sites is 1. The van der Waals surface area contributed by atoms with Crippen LogP contribution >= 0.6 is 48.0 Å². The van der Waals surface area contributed by atoms with E-state index in [2.05, 4.69) is 17.6 Å². The Kier molecular flexibility index (Phi) is 14.6. The largest absolute Gasteiger partial charge is 0.493 e. The molecule has 0 aliphatic rings. The van der Waals surface area contributed by atoms with Crippen LogP contribution in [0.25, 0.3) is 0 Å². The van der Waals surface area contributed by atoms with Gasteiger partial charge in [0, 0.05) is 27.7 Å². The number of rotatable bonds is 11. The monoisotopic (exact) mass is 468 g/mol. The summed E-state index contributed by atoms with van der Waals surface area (Å²) >= 11 is 12.2. The van der Waals surface area contributed by atoms with E-state index in [1.54, 1.807) is 19.2 Å². The highest BCUT2D eigenvalue weighted by Crippen LogP contribution is 2.32. The first-order chi connectivity index (χ1) is 12.7. The van der Waals surface area contributed by atoms with E-state index in [-0.39, 0.29) is 24.8 Å². The lowest BCUT2D eigenvalue weighted by atomic mass is 10.1. The summed E-state index contributed by atoms with van der Waals surface area (Å²) in [7, 11) is 1.64. The van der Waals surface area contributed by atoms with Crippen molar-refractivity contribution in [3.63, 3.8) is 0 Å². The highest BCUT2D eigenvalue weighted by molar-refractivity contribution is 6.35. The molecule has 0 fully saturated rings. The third-order valence-electron chi connectivity index (χ3n) is 3.94. The molecule has 0 saturated carbocycles. The van der Waals surface area contributed by atoms with E-state index in [0.717, 1.165) is 42.9 Å². The molecule has 0 saturated heterocycles. The fourth-order valence-electron chi connectivity index (χ4n) is 2.55. The van der Waals surface area contributed by atoms with Crippen molar-refractivity contribution in [1.82, 2.24) is 10.6 Å². The molecule has 2 rings (SSSR count). The predicted molar refractivity (Wildman–Crippen MR) is 123 cm³/mol. The second kappa shape index (κ2) is 15.0. The predicted octanol–water partition coefficient (Wildman–Crippen LogP) is 5.51. The van der Waals surface area contributed by atoms with Gasteiger partial charge in [-0.2, -0.15) is 0 Å². The first-order valence-corrected chi connectivity index (χ1v) is 9.55. The van der Waals surface area contributed by atoms with E-state index in [0.29, 0.717) is 28.9 Å². The third kappa shape index (κ3) is 8.64. The van der Waals surface area contributed by atoms with Gasteiger partial charge in [0.1, 0.15) is 6.61 Å². The SMILES string of the molecule is CCNCCCNCc1cccc(OC)c1OCc1ccc(Cl)cc1Cl.Cl.Cl. The van der Waals surface area contributed by atoms with Gasteiger partial charge in [-0.15, -0.1) is 24.8 Å². The van der Waals surface area contributed by atoms with Crippen LogP contribution in [0.5, 0.6) is 11.5 Å². The normalized spacial score (nSPS) is 10.0. The summed E-state index contributed by atoms with van der Waals surface area (Å²) < 4.78 is 11.5. The molecule has 2 aromatic carbocycles. The van der Waals surface area contributed by atoms with Gasteiger partial charge in [-0.25, -0.2) is 0 Å². The van der Waals surface area contributed by atoms with Crippen molar-refractivity contribution >= 4 is 48.0 Å². The Hall–Kier alpha value is -0.880. The molecule has 2 N–H and O–H groups in total. The zero-order valence-electron chi connectivity index (χ0n) is 16.1. The highest BCUT2D eigenvalue weighted by Gasteiger charge is 2.12. The van der Waals surface area contributed by atoms with Gasteiger partial charge in [-0.3, -0.25) is 0 Å². The Morgan fingerprint density at radius 2 is 1.71 bits per heavy atom. The number of ether oxygens (including phenoxy) is 2. The van der Waals surface area contributed by atoms with Crippen molar-refractivity contribution in [2.45, 2.75) is 26.5 Å². The molecular weight excluding hydrogens is 442 g/mol. The molecule has 2 aromatic rings. The lowest BCUT2D eigenvalue weighted by molar-refractivity contribution is 0.280. The summed E-state index contributed by atoms with van der Waals surface area (Å²) in [5, 5.41) is 7.97. The van der Waals surface area contributed by atoms with Crippen LogP contribution in [-0.2, 0) is 13.2 Å². The number of halogens is 4. The minimum Gasteiger partial charge on any atom is -0.493 e. The van der Waals surface area contributed by atoms with Gasteiger partial charge in [0.25, 0.3) is 0 Å². The Morgan fingerprint density at radius 3 is 2.39 bits per heavy atom. The first-order valence-electron chi connectivity index (χ1n) is 8.79. The van der Waals surface area contributed by atoms with Gasteiger partial charge in [-0.1, -0.05) is 48.3 Å². The third-order valence-corrected chi connectivity index (χ3v) is 4.53. The highest BCUT2D eigenvalue weighted by atomic mass is 35.5. The molecule has 0 radical (unpaired) electrons. The summed E-state index contributed by atoms with van der Waals surface area (Å²) in [6, 6.07) is 11.3. The molecule has 28 heavy (non-hydrogen) atoms. The second-order valence-electron chi connectivity index (χ2n) is 5.86. The quantitative estimate of drug-likeness (QED) is 0.425. The lowest BCUT2D eigenvalue weighted by Crippen LogP contribution is -2.21. The van der Waals surface area contributed by atoms with Crippen molar-refractivity contribution in [2.24, 2.45) is 0 Å². The summed E-state index contributed by atoms with van der Waals surface area (Å²) in [5.74, 6) is 1.45. The van der Waals surface area contributed by atoms with Gasteiger partial charge in [0.05, 0.1) is 7.11 Å². The van der Waals surface area contributed by atoms with E-state index >= 15 is 0 Å². The zero-order valence-corrected chi connectivity index (χ0v) is 19.2. The topological polar surface area (TPSA) is 42.5 Å². The van der Waals surface area contributed by atoms with Crippen LogP contribution in [0.15, 0.2) is 36.4 Å². The Balaban J connectivity index is 0.00000364. The average molecular weight is 470 g/mol. The molecule has 0 bridgehead atoms. The fourth-order valence-corrected chi connectivity index (χ4v) is 3.01. The van der Waals surface area contributed by atoms with Gasteiger partial charge in [0.2, 0.25) is 0 Å². The van der Waals surface area contributed by atoms with Gasteiger partial charge in [0.15, 0.2) is 11.5 Å². The summed E-state index contributed by atoms with van der Waals surface area (Å²) in [5.41, 5.74) is 1.93. The Morgan fingerprint density at radius 1 is 0.964 bits per heavy atom. The molecule has 0 amide bonds. The molecule has 4 nitrogen and oxygen atoms in total. The van der Waals surface area contributed by atoms with Crippen LogP contribution in [0.3, 0.4) is 0 Å². The number of hydrogen-bond acceptors (Lipinski definition) is 4. The Bertz CT molecular complexity index is 702. The van der Waals surface area contributed by atoms with Crippen LogP contribution in [0.1, 0.15) is 24.5 Å². The maximum atomic E-state index is 6.24. The summed E-state index contributed by atoms with van der Waals surface area (Å²) in [6.07, 6.45) is 1.08. The van der Waals surface area contributed by atoms with Crippen LogP contribution in [0.4, 0.5) is 0 Å². The van der Waals surface area contributed by atoms with E-state index in [9.17, 15) is 0 Å². The maximum absolute atomic E-state index is 6.24. The minimum absolute atomic E-state index is 0. The first kappa shape index (κ1) is 27.1. The number of nitrogens with one attached hydrogen (secondary N) is 2. The molecule has 0 atom stereocenters. The van der Waals surface area contributed by atoms with Crippen molar-refractivity contribution in [2.75, 3.05) is 26.7 Å². The van der Waals surface area contributed by atoms with Gasteiger partial charge < -0.3 is 20.1 Å². The fraction of sp³-hybridized carbons (Fsp3) is 0.400. The zero-order chi connectivity index (χ0) is 18.8. The van der Waals surface area contributed by atoms with Gasteiger partial charge in [-0.05, 0) is 44.3 Å². The minimum atomic E-state index is 0. The van der Waals surface area contributed by atoms with Crippen molar-refractivity contribution in [1.29, 1.82) is 0 Å². The van der Waals surface area contributed by atoms with Crippen molar-refractivity contribution < 1.29 is 9.47 Å². The van der Waals surface area contributed by atoms with E-state index < -0.39 is 0 Å². The summed E-state index contributed by atoms with van der Waals surface area (Å²) in [6.45, 7) is 6.13. The second-order valence-corrected chi connectivity index (χ2v) is 6.70. The van der Waals surface area contributed by atoms with Gasteiger partial charge >= 0.3 is 0 Å². The number of hydrogen-bond donors (Lipinski definition) is 2. The molecule has 0 aliphatic carbocycles. The van der Waals surface area contributed by atoms with Crippen molar-refractivity contribution in [3.8, 4) is 11.5 Å². The molecule has 158 valence electrons. The van der Waals surface area contributed by atoms with Crippen LogP contribution in [0.2, 0.25) is 10.0 Å². The van der Waals surface area contributed by atoms with Crippen LogP contribution < -0.4 is 20.1 Å². The maximum Gasteiger partial charge on any atom is 0.166 e. The Labute approximate surface area is 190 Å². The van der Waals surface area contributed by atoms with Crippen LogP contribution in [0, 0.1) is 0 Å². The van der Waals surface area contributed by atoms with E-state index in [1.807, 2.05) is 24.3 Å². The molecule has 0 aromatic heterocycles. The molecule has 0 aliphatic heterocycles.